The summed E-state index contributed by atoms with van der Waals surface area (Å²) >= 11 is 6.15. The van der Waals surface area contributed by atoms with Gasteiger partial charge in [0.2, 0.25) is 0 Å². The van der Waals surface area contributed by atoms with Crippen LogP contribution in [0.2, 0.25) is 5.02 Å². The molecule has 1 aromatic carbocycles. The highest BCUT2D eigenvalue weighted by atomic mass is 35.5. The molecule has 0 spiro atoms. The molecule has 1 atom stereocenters. The quantitative estimate of drug-likeness (QED) is 0.802. The Labute approximate surface area is 144 Å². The van der Waals surface area contributed by atoms with E-state index in [4.69, 9.17) is 21.1 Å². The second kappa shape index (κ2) is 8.27. The van der Waals surface area contributed by atoms with Crippen LogP contribution in [0.4, 0.5) is 13.2 Å². The summed E-state index contributed by atoms with van der Waals surface area (Å²) in [5.74, 6) is 1.27. The number of nitrogens with zero attached hydrogens (tertiary/aromatic N) is 1. The monoisotopic (exact) mass is 366 g/mol. The SMILES string of the molecule is COc1cc(CNC[C@@H]2CCN(CC(F)(F)F)C2)cc(Cl)c1OC. The maximum Gasteiger partial charge on any atom is 0.401 e. The van der Waals surface area contributed by atoms with E-state index in [-0.39, 0.29) is 5.92 Å². The van der Waals surface area contributed by atoms with Gasteiger partial charge in [0.05, 0.1) is 25.8 Å². The minimum absolute atomic E-state index is 0.225. The predicted molar refractivity (Wildman–Crippen MR) is 86.9 cm³/mol. The second-order valence-electron chi connectivity index (χ2n) is 5.95. The van der Waals surface area contributed by atoms with E-state index in [1.54, 1.807) is 13.2 Å². The van der Waals surface area contributed by atoms with E-state index in [1.165, 1.54) is 12.0 Å². The lowest BCUT2D eigenvalue weighted by molar-refractivity contribution is -0.143. The van der Waals surface area contributed by atoms with Crippen LogP contribution in [0.1, 0.15) is 12.0 Å². The summed E-state index contributed by atoms with van der Waals surface area (Å²) in [5, 5.41) is 3.74. The number of nitrogens with one attached hydrogen (secondary N) is 1. The van der Waals surface area contributed by atoms with Crippen molar-refractivity contribution in [2.75, 3.05) is 40.4 Å². The molecule has 1 fully saturated rings. The van der Waals surface area contributed by atoms with Crippen LogP contribution < -0.4 is 14.8 Å². The van der Waals surface area contributed by atoms with Gasteiger partial charge in [-0.2, -0.15) is 13.2 Å². The minimum atomic E-state index is -4.13. The average molecular weight is 367 g/mol. The lowest BCUT2D eigenvalue weighted by Gasteiger charge is -2.18. The maximum atomic E-state index is 12.4. The van der Waals surface area contributed by atoms with Crippen molar-refractivity contribution in [3.05, 3.63) is 22.7 Å². The number of halogens is 4. The van der Waals surface area contributed by atoms with Crippen LogP contribution in [-0.4, -0.2) is 51.5 Å². The first-order valence-electron chi connectivity index (χ1n) is 7.72. The molecule has 136 valence electrons. The van der Waals surface area contributed by atoms with E-state index < -0.39 is 12.7 Å². The van der Waals surface area contributed by atoms with Crippen molar-refractivity contribution in [1.29, 1.82) is 0 Å². The minimum Gasteiger partial charge on any atom is -0.493 e. The van der Waals surface area contributed by atoms with Crippen LogP contribution >= 0.6 is 11.6 Å². The van der Waals surface area contributed by atoms with Gasteiger partial charge < -0.3 is 14.8 Å². The fourth-order valence-electron chi connectivity index (χ4n) is 2.97. The normalized spacial score (nSPS) is 18.8. The molecule has 1 N–H and O–H groups in total. The van der Waals surface area contributed by atoms with Gasteiger partial charge in [-0.15, -0.1) is 0 Å². The number of ether oxygens (including phenoxy) is 2. The zero-order valence-corrected chi connectivity index (χ0v) is 14.5. The molecule has 0 unspecified atom stereocenters. The van der Waals surface area contributed by atoms with Crippen molar-refractivity contribution in [3.8, 4) is 11.5 Å². The van der Waals surface area contributed by atoms with Crippen molar-refractivity contribution in [2.24, 2.45) is 5.92 Å². The Morgan fingerprint density at radius 2 is 2.04 bits per heavy atom. The fraction of sp³-hybridized carbons (Fsp3) is 0.625. The Hall–Kier alpha value is -1.18. The molecule has 0 bridgehead atoms. The van der Waals surface area contributed by atoms with Crippen LogP contribution in [0.3, 0.4) is 0 Å². The van der Waals surface area contributed by atoms with Crippen LogP contribution in [0.25, 0.3) is 0 Å². The van der Waals surface area contributed by atoms with Gasteiger partial charge in [0.15, 0.2) is 11.5 Å². The number of alkyl halides is 3. The van der Waals surface area contributed by atoms with Crippen LogP contribution in [0.5, 0.6) is 11.5 Å². The Balaban J connectivity index is 1.82. The number of likely N-dealkylation sites (tertiary alicyclic amines) is 1. The zero-order valence-electron chi connectivity index (χ0n) is 13.8. The Bertz CT molecular complexity index is 555. The number of rotatable bonds is 7. The van der Waals surface area contributed by atoms with E-state index in [9.17, 15) is 13.2 Å². The molecule has 0 saturated carbocycles. The van der Waals surface area contributed by atoms with Crippen molar-refractivity contribution < 1.29 is 22.6 Å². The van der Waals surface area contributed by atoms with E-state index in [1.807, 2.05) is 6.07 Å². The maximum absolute atomic E-state index is 12.4. The molecule has 4 nitrogen and oxygen atoms in total. The van der Waals surface area contributed by atoms with Crippen molar-refractivity contribution >= 4 is 11.6 Å². The van der Waals surface area contributed by atoms with Gasteiger partial charge in [0.25, 0.3) is 0 Å². The summed E-state index contributed by atoms with van der Waals surface area (Å²) in [6.07, 6.45) is -3.35. The molecule has 0 amide bonds. The van der Waals surface area contributed by atoms with E-state index in [0.717, 1.165) is 12.0 Å². The van der Waals surface area contributed by atoms with Crippen LogP contribution in [0, 0.1) is 5.92 Å². The fourth-order valence-corrected chi connectivity index (χ4v) is 3.28. The van der Waals surface area contributed by atoms with Gasteiger partial charge in [-0.05, 0) is 43.1 Å². The third-order valence-corrected chi connectivity index (χ3v) is 4.31. The molecular weight excluding hydrogens is 345 g/mol. The summed E-state index contributed by atoms with van der Waals surface area (Å²) < 4.78 is 47.6. The molecule has 8 heteroatoms. The number of hydrogen-bond donors (Lipinski definition) is 1. The molecular formula is C16H22ClF3N2O2. The smallest absolute Gasteiger partial charge is 0.401 e. The number of hydrogen-bond acceptors (Lipinski definition) is 4. The first-order chi connectivity index (χ1) is 11.3. The first-order valence-corrected chi connectivity index (χ1v) is 8.10. The third kappa shape index (κ3) is 5.43. The van der Waals surface area contributed by atoms with Gasteiger partial charge in [0, 0.05) is 13.1 Å². The molecule has 1 heterocycles. The van der Waals surface area contributed by atoms with E-state index >= 15 is 0 Å². The Morgan fingerprint density at radius 3 is 2.67 bits per heavy atom. The van der Waals surface area contributed by atoms with Crippen molar-refractivity contribution in [2.45, 2.75) is 19.1 Å². The molecule has 0 aromatic heterocycles. The summed E-state index contributed by atoms with van der Waals surface area (Å²) in [5.41, 5.74) is 0.933. The topological polar surface area (TPSA) is 33.7 Å². The zero-order chi connectivity index (χ0) is 17.7. The second-order valence-corrected chi connectivity index (χ2v) is 6.36. The highest BCUT2D eigenvalue weighted by Gasteiger charge is 2.34. The van der Waals surface area contributed by atoms with E-state index in [2.05, 4.69) is 5.32 Å². The summed E-state index contributed by atoms with van der Waals surface area (Å²) in [7, 11) is 3.06. The lowest BCUT2D eigenvalue weighted by atomic mass is 10.1. The largest absolute Gasteiger partial charge is 0.493 e. The van der Waals surface area contributed by atoms with Crippen molar-refractivity contribution in [1.82, 2.24) is 10.2 Å². The molecule has 1 aliphatic rings. The number of methoxy groups -OCH3 is 2. The molecule has 1 aromatic rings. The van der Waals surface area contributed by atoms with Crippen molar-refractivity contribution in [3.63, 3.8) is 0 Å². The van der Waals surface area contributed by atoms with Gasteiger partial charge >= 0.3 is 6.18 Å². The molecule has 24 heavy (non-hydrogen) atoms. The Morgan fingerprint density at radius 1 is 1.29 bits per heavy atom. The summed E-state index contributed by atoms with van der Waals surface area (Å²) in [4.78, 5) is 1.46. The molecule has 2 rings (SSSR count). The molecule has 0 aliphatic carbocycles. The average Bonchev–Trinajstić information content (AvgIpc) is 2.91. The molecule has 1 aliphatic heterocycles. The van der Waals surface area contributed by atoms with Gasteiger partial charge in [-0.1, -0.05) is 11.6 Å². The lowest BCUT2D eigenvalue weighted by Crippen LogP contribution is -2.33. The van der Waals surface area contributed by atoms with Crippen LogP contribution in [-0.2, 0) is 6.54 Å². The van der Waals surface area contributed by atoms with E-state index in [0.29, 0.717) is 42.7 Å². The highest BCUT2D eigenvalue weighted by Crippen LogP contribution is 2.36. The summed E-state index contributed by atoms with van der Waals surface area (Å²) in [6, 6.07) is 3.63. The Kier molecular flexibility index (Phi) is 6.60. The van der Waals surface area contributed by atoms with Gasteiger partial charge in [-0.25, -0.2) is 0 Å². The third-order valence-electron chi connectivity index (χ3n) is 4.03. The van der Waals surface area contributed by atoms with Gasteiger partial charge in [0.1, 0.15) is 0 Å². The highest BCUT2D eigenvalue weighted by molar-refractivity contribution is 6.32. The molecule has 0 radical (unpaired) electrons. The number of benzene rings is 1. The predicted octanol–water partition coefficient (Wildman–Crippen LogP) is 3.33. The van der Waals surface area contributed by atoms with Crippen LogP contribution in [0.15, 0.2) is 12.1 Å². The summed E-state index contributed by atoms with van der Waals surface area (Å²) in [6.45, 7) is 1.37. The first kappa shape index (κ1) is 19.1. The standard InChI is InChI=1S/C16H22ClF3N2O2/c1-23-14-6-12(5-13(17)15(14)24-2)8-21-7-11-3-4-22(9-11)10-16(18,19)20/h5-6,11,21H,3-4,7-10H2,1-2H3/t11-/m0/s1. The molecule has 1 saturated heterocycles. The van der Waals surface area contributed by atoms with Gasteiger partial charge in [-0.3, -0.25) is 4.90 Å².